The fourth-order valence-corrected chi connectivity index (χ4v) is 3.80. The van der Waals surface area contributed by atoms with Gasteiger partial charge in [-0.05, 0) is 17.7 Å². The number of rotatable bonds is 6. The van der Waals surface area contributed by atoms with Crippen molar-refractivity contribution in [1.29, 1.82) is 0 Å². The quantitative estimate of drug-likeness (QED) is 0.769. The van der Waals surface area contributed by atoms with E-state index in [1.54, 1.807) is 24.3 Å². The van der Waals surface area contributed by atoms with Gasteiger partial charge in [0.15, 0.2) is 0 Å². The molecule has 2 aromatic carbocycles. The van der Waals surface area contributed by atoms with Gasteiger partial charge in [-0.15, -0.1) is 0 Å². The number of ether oxygens (including phenoxy) is 1. The van der Waals surface area contributed by atoms with E-state index in [0.717, 1.165) is 5.56 Å². The Morgan fingerprint density at radius 2 is 1.62 bits per heavy atom. The van der Waals surface area contributed by atoms with Crippen LogP contribution >= 0.6 is 0 Å². The van der Waals surface area contributed by atoms with Crippen LogP contribution in [0.15, 0.2) is 65.6 Å². The molecule has 1 unspecified atom stereocenters. The molecule has 3 rings (SSSR count). The molecule has 0 spiro atoms. The minimum atomic E-state index is -3.36. The molecule has 0 bridgehead atoms. The molecule has 0 aliphatic carbocycles. The molecule has 2 aromatic rings. The molecule has 4 nitrogen and oxygen atoms in total. The Hall–Kier alpha value is -1.69. The van der Waals surface area contributed by atoms with Crippen molar-refractivity contribution in [2.24, 2.45) is 0 Å². The molecule has 0 amide bonds. The van der Waals surface area contributed by atoms with E-state index in [2.05, 4.69) is 0 Å². The molecule has 1 fully saturated rings. The maximum Gasteiger partial charge on any atom is 0.243 e. The van der Waals surface area contributed by atoms with Gasteiger partial charge in [0.25, 0.3) is 0 Å². The average molecular weight is 303 g/mol. The Morgan fingerprint density at radius 1 is 1.00 bits per heavy atom. The summed E-state index contributed by atoms with van der Waals surface area (Å²) >= 11 is 0. The van der Waals surface area contributed by atoms with E-state index in [0.29, 0.717) is 24.7 Å². The first-order chi connectivity index (χ1) is 10.2. The zero-order valence-electron chi connectivity index (χ0n) is 11.6. The van der Waals surface area contributed by atoms with Crippen LogP contribution < -0.4 is 0 Å². The lowest BCUT2D eigenvalue weighted by molar-refractivity contribution is 0.119. The van der Waals surface area contributed by atoms with Crippen molar-refractivity contribution < 1.29 is 13.2 Å². The minimum Gasteiger partial charge on any atom is -0.375 e. The van der Waals surface area contributed by atoms with Gasteiger partial charge in [0.05, 0.1) is 24.2 Å². The molecule has 0 saturated carbocycles. The number of hydrogen-bond acceptors (Lipinski definition) is 3. The van der Waals surface area contributed by atoms with Gasteiger partial charge in [-0.3, -0.25) is 0 Å². The summed E-state index contributed by atoms with van der Waals surface area (Å²) in [6.07, 6.45) is 0. The molecular weight excluding hydrogens is 286 g/mol. The SMILES string of the molecule is O=S(=O)(c1ccccc1)N1C[C@@H]1COCc1ccccc1. The van der Waals surface area contributed by atoms with Crippen molar-refractivity contribution >= 4 is 10.0 Å². The summed E-state index contributed by atoms with van der Waals surface area (Å²) in [6.45, 7) is 1.48. The average Bonchev–Trinajstić information content (AvgIpc) is 3.30. The van der Waals surface area contributed by atoms with Crippen molar-refractivity contribution in [2.75, 3.05) is 13.2 Å². The van der Waals surface area contributed by atoms with Crippen LogP contribution in [-0.2, 0) is 21.4 Å². The maximum atomic E-state index is 12.3. The lowest BCUT2D eigenvalue weighted by Gasteiger charge is -2.07. The molecule has 1 saturated heterocycles. The van der Waals surface area contributed by atoms with E-state index >= 15 is 0 Å². The first-order valence-corrected chi connectivity index (χ1v) is 8.30. The summed E-state index contributed by atoms with van der Waals surface area (Å²) in [7, 11) is -3.36. The summed E-state index contributed by atoms with van der Waals surface area (Å²) < 4.78 is 31.7. The molecule has 0 N–H and O–H groups in total. The van der Waals surface area contributed by atoms with E-state index in [9.17, 15) is 8.42 Å². The fraction of sp³-hybridized carbons (Fsp3) is 0.250. The molecular formula is C16H17NO3S. The molecule has 2 atom stereocenters. The highest BCUT2D eigenvalue weighted by Gasteiger charge is 2.44. The first kappa shape index (κ1) is 14.3. The van der Waals surface area contributed by atoms with Crippen LogP contribution in [0.3, 0.4) is 0 Å². The monoisotopic (exact) mass is 303 g/mol. The Bertz CT molecular complexity index is 686. The van der Waals surface area contributed by atoms with Crippen LogP contribution in [0.2, 0.25) is 0 Å². The second-order valence-corrected chi connectivity index (χ2v) is 6.93. The van der Waals surface area contributed by atoms with Crippen molar-refractivity contribution in [3.8, 4) is 0 Å². The molecule has 0 radical (unpaired) electrons. The Balaban J connectivity index is 1.53. The fourth-order valence-electron chi connectivity index (χ4n) is 2.21. The Labute approximate surface area is 125 Å². The molecule has 1 aliphatic heterocycles. The highest BCUT2D eigenvalue weighted by molar-refractivity contribution is 7.89. The van der Waals surface area contributed by atoms with Gasteiger partial charge in [0, 0.05) is 6.54 Å². The lowest BCUT2D eigenvalue weighted by atomic mass is 10.2. The topological polar surface area (TPSA) is 46.4 Å². The summed E-state index contributed by atoms with van der Waals surface area (Å²) in [4.78, 5) is 0.343. The third-order valence-corrected chi connectivity index (χ3v) is 5.37. The predicted molar refractivity (Wildman–Crippen MR) is 80.2 cm³/mol. The van der Waals surface area contributed by atoms with E-state index in [1.807, 2.05) is 36.4 Å². The number of benzene rings is 2. The van der Waals surface area contributed by atoms with Crippen molar-refractivity contribution in [3.63, 3.8) is 0 Å². The van der Waals surface area contributed by atoms with Crippen LogP contribution in [0, 0.1) is 0 Å². The van der Waals surface area contributed by atoms with E-state index in [4.69, 9.17) is 4.74 Å². The second kappa shape index (κ2) is 5.97. The number of nitrogens with zero attached hydrogens (tertiary/aromatic N) is 1. The van der Waals surface area contributed by atoms with Crippen LogP contribution in [0.5, 0.6) is 0 Å². The summed E-state index contributed by atoms with van der Waals surface area (Å²) in [5.41, 5.74) is 1.09. The Morgan fingerprint density at radius 3 is 2.29 bits per heavy atom. The van der Waals surface area contributed by atoms with Crippen LogP contribution in [0.4, 0.5) is 0 Å². The van der Waals surface area contributed by atoms with Crippen LogP contribution in [-0.4, -0.2) is 31.9 Å². The van der Waals surface area contributed by atoms with Gasteiger partial charge in [-0.2, -0.15) is 4.31 Å². The third-order valence-electron chi connectivity index (χ3n) is 3.44. The largest absolute Gasteiger partial charge is 0.375 e. The lowest BCUT2D eigenvalue weighted by Crippen LogP contribution is -2.17. The standard InChI is InChI=1S/C16H17NO3S/c18-21(19,16-9-5-2-6-10-16)17-11-15(17)13-20-12-14-7-3-1-4-8-14/h1-10,15H,11-13H2/t15-,17?/m1/s1. The van der Waals surface area contributed by atoms with Gasteiger partial charge >= 0.3 is 0 Å². The van der Waals surface area contributed by atoms with E-state index < -0.39 is 10.0 Å². The number of hydrogen-bond donors (Lipinski definition) is 0. The molecule has 1 aliphatic rings. The first-order valence-electron chi connectivity index (χ1n) is 6.86. The number of sulfonamides is 1. The summed E-state index contributed by atoms with van der Waals surface area (Å²) in [5.74, 6) is 0. The van der Waals surface area contributed by atoms with Crippen molar-refractivity contribution in [3.05, 3.63) is 66.2 Å². The Kier molecular flexibility index (Phi) is 4.05. The van der Waals surface area contributed by atoms with Gasteiger partial charge in [0.1, 0.15) is 0 Å². The van der Waals surface area contributed by atoms with Gasteiger partial charge in [-0.1, -0.05) is 48.5 Å². The van der Waals surface area contributed by atoms with Crippen LogP contribution in [0.1, 0.15) is 5.56 Å². The van der Waals surface area contributed by atoms with Crippen molar-refractivity contribution in [2.45, 2.75) is 17.5 Å². The van der Waals surface area contributed by atoms with Gasteiger partial charge in [-0.25, -0.2) is 8.42 Å². The van der Waals surface area contributed by atoms with E-state index in [1.165, 1.54) is 4.31 Å². The normalized spacial score (nSPS) is 21.1. The molecule has 0 aromatic heterocycles. The zero-order chi connectivity index (χ0) is 14.7. The molecule has 5 heteroatoms. The summed E-state index contributed by atoms with van der Waals surface area (Å²) in [6, 6.07) is 18.3. The van der Waals surface area contributed by atoms with Gasteiger partial charge < -0.3 is 4.74 Å². The van der Waals surface area contributed by atoms with E-state index in [-0.39, 0.29) is 6.04 Å². The highest BCUT2D eigenvalue weighted by Crippen LogP contribution is 2.28. The molecule has 21 heavy (non-hydrogen) atoms. The minimum absolute atomic E-state index is 0.0427. The van der Waals surface area contributed by atoms with Crippen LogP contribution in [0.25, 0.3) is 0 Å². The van der Waals surface area contributed by atoms with Gasteiger partial charge in [0.2, 0.25) is 10.0 Å². The second-order valence-electron chi connectivity index (χ2n) is 5.04. The maximum absolute atomic E-state index is 12.3. The zero-order valence-corrected chi connectivity index (χ0v) is 12.4. The summed E-state index contributed by atoms with van der Waals surface area (Å²) in [5, 5.41) is 0. The predicted octanol–water partition coefficient (Wildman–Crippen LogP) is 2.28. The molecule has 110 valence electrons. The van der Waals surface area contributed by atoms with Crippen molar-refractivity contribution in [1.82, 2.24) is 4.31 Å². The smallest absolute Gasteiger partial charge is 0.243 e. The molecule has 1 heterocycles. The highest BCUT2D eigenvalue weighted by atomic mass is 32.2. The third kappa shape index (κ3) is 3.32.